The molecule has 35 heavy (non-hydrogen) atoms. The van der Waals surface area contributed by atoms with Crippen molar-refractivity contribution in [3.8, 4) is 11.5 Å². The van der Waals surface area contributed by atoms with Crippen molar-refractivity contribution in [2.24, 2.45) is 0 Å². The van der Waals surface area contributed by atoms with Crippen LogP contribution < -0.4 is 19.7 Å². The van der Waals surface area contributed by atoms with Crippen LogP contribution in [0.15, 0.2) is 42.5 Å². The predicted molar refractivity (Wildman–Crippen MR) is 136 cm³/mol. The molecule has 0 saturated carbocycles. The zero-order valence-corrected chi connectivity index (χ0v) is 20.6. The molecule has 1 saturated heterocycles. The van der Waals surface area contributed by atoms with E-state index in [0.29, 0.717) is 17.0 Å². The summed E-state index contributed by atoms with van der Waals surface area (Å²) in [7, 11) is 3.23. The highest BCUT2D eigenvalue weighted by atomic mass is 16.5. The van der Waals surface area contributed by atoms with Gasteiger partial charge in [-0.05, 0) is 50.2 Å². The number of piperazine rings is 1. The van der Waals surface area contributed by atoms with E-state index in [0.717, 1.165) is 36.5 Å². The van der Waals surface area contributed by atoms with Crippen LogP contribution in [-0.2, 0) is 9.53 Å². The van der Waals surface area contributed by atoms with Gasteiger partial charge in [0.2, 0.25) is 5.91 Å². The van der Waals surface area contributed by atoms with Crippen LogP contribution in [0.5, 0.6) is 11.5 Å². The van der Waals surface area contributed by atoms with Gasteiger partial charge >= 0.3 is 5.97 Å². The SMILES string of the molecule is CCOC(=O)c1[nH]c2cc(OC)ccc2c1NC(=O)CN1CCN(c2ccc(OC)cc2)C(C)C1. The molecule has 2 heterocycles. The van der Waals surface area contributed by atoms with E-state index in [-0.39, 0.29) is 30.8 Å². The Morgan fingerprint density at radius 1 is 1.06 bits per heavy atom. The number of carbonyl (C=O) groups excluding carboxylic acids is 2. The van der Waals surface area contributed by atoms with E-state index < -0.39 is 5.97 Å². The molecule has 2 N–H and O–H groups in total. The smallest absolute Gasteiger partial charge is 0.356 e. The number of anilines is 2. The number of amides is 1. The number of rotatable bonds is 8. The van der Waals surface area contributed by atoms with Gasteiger partial charge in [-0.1, -0.05) is 0 Å². The maximum absolute atomic E-state index is 13.0. The van der Waals surface area contributed by atoms with Crippen molar-refractivity contribution in [3.63, 3.8) is 0 Å². The maximum Gasteiger partial charge on any atom is 0.356 e. The Labute approximate surface area is 204 Å². The molecular formula is C26H32N4O5. The summed E-state index contributed by atoms with van der Waals surface area (Å²) < 4.78 is 15.7. The average molecular weight is 481 g/mol. The fourth-order valence-corrected chi connectivity index (χ4v) is 4.51. The fraction of sp³-hybridized carbons (Fsp3) is 0.385. The first kappa shape index (κ1) is 24.4. The van der Waals surface area contributed by atoms with Crippen LogP contribution in [0.3, 0.4) is 0 Å². The van der Waals surface area contributed by atoms with E-state index in [1.54, 1.807) is 33.3 Å². The summed E-state index contributed by atoms with van der Waals surface area (Å²) in [6, 6.07) is 13.7. The summed E-state index contributed by atoms with van der Waals surface area (Å²) in [5.74, 6) is 0.780. The summed E-state index contributed by atoms with van der Waals surface area (Å²) in [5, 5.41) is 3.67. The molecule has 1 amide bonds. The summed E-state index contributed by atoms with van der Waals surface area (Å²) in [5.41, 5.74) is 2.47. The summed E-state index contributed by atoms with van der Waals surface area (Å²) in [4.78, 5) is 33.1. The van der Waals surface area contributed by atoms with Crippen LogP contribution in [0.4, 0.5) is 11.4 Å². The molecule has 9 heteroatoms. The molecule has 1 aromatic heterocycles. The number of ether oxygens (including phenoxy) is 3. The molecule has 0 bridgehead atoms. The van der Waals surface area contributed by atoms with E-state index >= 15 is 0 Å². The Morgan fingerprint density at radius 3 is 2.43 bits per heavy atom. The molecule has 1 atom stereocenters. The van der Waals surface area contributed by atoms with Crippen molar-refractivity contribution < 1.29 is 23.8 Å². The quantitative estimate of drug-likeness (QED) is 0.476. The minimum atomic E-state index is -0.514. The van der Waals surface area contributed by atoms with Crippen LogP contribution in [0.1, 0.15) is 24.3 Å². The number of fused-ring (bicyclic) bond motifs is 1. The number of benzene rings is 2. The van der Waals surface area contributed by atoms with Crippen LogP contribution >= 0.6 is 0 Å². The molecule has 1 aliphatic heterocycles. The topological polar surface area (TPSA) is 96.1 Å². The molecule has 1 fully saturated rings. The van der Waals surface area contributed by atoms with E-state index in [1.165, 1.54) is 0 Å². The summed E-state index contributed by atoms with van der Waals surface area (Å²) in [6.45, 7) is 6.67. The third kappa shape index (κ3) is 5.35. The number of nitrogens with zero attached hydrogens (tertiary/aromatic N) is 2. The van der Waals surface area contributed by atoms with Gasteiger partial charge in [-0.25, -0.2) is 4.79 Å². The zero-order valence-electron chi connectivity index (χ0n) is 20.6. The van der Waals surface area contributed by atoms with Crippen molar-refractivity contribution in [3.05, 3.63) is 48.2 Å². The third-order valence-electron chi connectivity index (χ3n) is 6.23. The Bertz CT molecular complexity index is 1190. The number of H-pyrrole nitrogens is 1. The van der Waals surface area contributed by atoms with Gasteiger partial charge in [-0.2, -0.15) is 0 Å². The molecule has 2 aromatic carbocycles. The van der Waals surface area contributed by atoms with Gasteiger partial charge in [0.15, 0.2) is 0 Å². The van der Waals surface area contributed by atoms with Crippen molar-refractivity contribution in [2.45, 2.75) is 19.9 Å². The lowest BCUT2D eigenvalue weighted by Gasteiger charge is -2.41. The standard InChI is InChI=1S/C26H32N4O5/c1-5-35-26(32)25-24(21-11-10-20(34-4)14-22(21)27-25)28-23(31)16-29-12-13-30(17(2)15-29)18-6-8-19(33-3)9-7-18/h6-11,14,17,27H,5,12-13,15-16H2,1-4H3,(H,28,31). The molecular weight excluding hydrogens is 448 g/mol. The first-order chi connectivity index (χ1) is 16.9. The number of aromatic amines is 1. The Morgan fingerprint density at radius 2 is 1.77 bits per heavy atom. The molecule has 1 aliphatic rings. The summed E-state index contributed by atoms with van der Waals surface area (Å²) >= 11 is 0. The zero-order chi connectivity index (χ0) is 24.9. The molecule has 0 spiro atoms. The number of esters is 1. The van der Waals surface area contributed by atoms with Gasteiger partial charge in [0.05, 0.1) is 38.6 Å². The third-order valence-corrected chi connectivity index (χ3v) is 6.23. The van der Waals surface area contributed by atoms with Gasteiger partial charge in [0, 0.05) is 42.8 Å². The van der Waals surface area contributed by atoms with Gasteiger partial charge < -0.3 is 29.4 Å². The summed E-state index contributed by atoms with van der Waals surface area (Å²) in [6.07, 6.45) is 0. The number of hydrogen-bond acceptors (Lipinski definition) is 7. The molecule has 186 valence electrons. The molecule has 0 aliphatic carbocycles. The van der Waals surface area contributed by atoms with Crippen molar-refractivity contribution in [1.82, 2.24) is 9.88 Å². The lowest BCUT2D eigenvalue weighted by molar-refractivity contribution is -0.117. The first-order valence-electron chi connectivity index (χ1n) is 11.7. The normalized spacial score (nSPS) is 16.2. The molecule has 3 aromatic rings. The number of methoxy groups -OCH3 is 2. The number of aromatic nitrogens is 1. The number of nitrogens with one attached hydrogen (secondary N) is 2. The number of hydrogen-bond donors (Lipinski definition) is 2. The van der Waals surface area contributed by atoms with Crippen molar-refractivity contribution >= 4 is 34.2 Å². The number of carbonyl (C=O) groups is 2. The Kier molecular flexibility index (Phi) is 7.45. The molecule has 4 rings (SSSR count). The molecule has 0 radical (unpaired) electrons. The second kappa shape index (κ2) is 10.7. The van der Waals surface area contributed by atoms with Crippen LogP contribution in [0.2, 0.25) is 0 Å². The predicted octanol–water partition coefficient (Wildman–Crippen LogP) is 3.51. The minimum absolute atomic E-state index is 0.183. The first-order valence-corrected chi connectivity index (χ1v) is 11.7. The average Bonchev–Trinajstić information content (AvgIpc) is 3.21. The second-order valence-corrected chi connectivity index (χ2v) is 8.53. The monoisotopic (exact) mass is 480 g/mol. The lowest BCUT2D eigenvalue weighted by atomic mass is 10.1. The Balaban J connectivity index is 1.45. The highest BCUT2D eigenvalue weighted by Gasteiger charge is 2.27. The second-order valence-electron chi connectivity index (χ2n) is 8.53. The largest absolute Gasteiger partial charge is 0.497 e. The molecule has 1 unspecified atom stereocenters. The van der Waals surface area contributed by atoms with Crippen LogP contribution in [-0.4, -0.2) is 74.8 Å². The minimum Gasteiger partial charge on any atom is -0.497 e. The van der Waals surface area contributed by atoms with Crippen LogP contribution in [0, 0.1) is 0 Å². The van der Waals surface area contributed by atoms with E-state index in [4.69, 9.17) is 14.2 Å². The fourth-order valence-electron chi connectivity index (χ4n) is 4.51. The van der Waals surface area contributed by atoms with E-state index in [1.807, 2.05) is 18.2 Å². The van der Waals surface area contributed by atoms with Crippen molar-refractivity contribution in [2.75, 3.05) is 57.2 Å². The lowest BCUT2D eigenvalue weighted by Crippen LogP contribution is -2.53. The Hall–Kier alpha value is -3.72. The van der Waals surface area contributed by atoms with Crippen LogP contribution in [0.25, 0.3) is 10.9 Å². The van der Waals surface area contributed by atoms with Gasteiger partial charge in [0.1, 0.15) is 17.2 Å². The van der Waals surface area contributed by atoms with Gasteiger partial charge in [-0.15, -0.1) is 0 Å². The maximum atomic E-state index is 13.0. The van der Waals surface area contributed by atoms with Gasteiger partial charge in [0.25, 0.3) is 0 Å². The van der Waals surface area contributed by atoms with E-state index in [2.05, 4.69) is 39.2 Å². The highest BCUT2D eigenvalue weighted by Crippen LogP contribution is 2.31. The van der Waals surface area contributed by atoms with Crippen molar-refractivity contribution in [1.29, 1.82) is 0 Å². The van der Waals surface area contributed by atoms with E-state index in [9.17, 15) is 9.59 Å². The van der Waals surface area contributed by atoms with Gasteiger partial charge in [-0.3, -0.25) is 9.69 Å². The highest BCUT2D eigenvalue weighted by molar-refractivity contribution is 6.11. The molecule has 9 nitrogen and oxygen atoms in total.